The molecule has 1 aliphatic rings. The summed E-state index contributed by atoms with van der Waals surface area (Å²) in [6.07, 6.45) is 1.72. The molecule has 106 valence electrons. The highest BCUT2D eigenvalue weighted by molar-refractivity contribution is 7.99. The van der Waals surface area contributed by atoms with Crippen LogP contribution >= 0.6 is 11.8 Å². The zero-order valence-electron chi connectivity index (χ0n) is 11.4. The predicted octanol–water partition coefficient (Wildman–Crippen LogP) is 1.54. The Kier molecular flexibility index (Phi) is 4.15. The molecule has 0 saturated carbocycles. The van der Waals surface area contributed by atoms with E-state index >= 15 is 0 Å². The minimum Gasteiger partial charge on any atom is -0.481 e. The molecule has 2 atom stereocenters. The van der Waals surface area contributed by atoms with E-state index in [4.69, 9.17) is 9.84 Å². The van der Waals surface area contributed by atoms with Crippen LogP contribution in [0.3, 0.4) is 0 Å². The second-order valence-corrected chi connectivity index (χ2v) is 5.83. The number of nitrogens with zero attached hydrogens (tertiary/aromatic N) is 3. The quantitative estimate of drug-likeness (QED) is 0.827. The van der Waals surface area contributed by atoms with Crippen molar-refractivity contribution in [3.8, 4) is 0 Å². The summed E-state index contributed by atoms with van der Waals surface area (Å²) in [5, 5.41) is 17.8. The van der Waals surface area contributed by atoms with Gasteiger partial charge in [-0.05, 0) is 20.3 Å². The number of hydrogen-bond acceptors (Lipinski definition) is 5. The lowest BCUT2D eigenvalue weighted by atomic mass is 9.94. The number of carboxylic acid groups (broad SMARTS) is 1. The van der Waals surface area contributed by atoms with E-state index in [1.807, 2.05) is 13.8 Å². The highest BCUT2D eigenvalue weighted by Gasteiger charge is 2.41. The molecule has 0 amide bonds. The Morgan fingerprint density at radius 2 is 2.37 bits per heavy atom. The third kappa shape index (κ3) is 2.62. The van der Waals surface area contributed by atoms with Gasteiger partial charge in [0.25, 0.3) is 0 Å². The molecule has 19 heavy (non-hydrogen) atoms. The lowest BCUT2D eigenvalue weighted by molar-refractivity contribution is -0.133. The van der Waals surface area contributed by atoms with Crippen molar-refractivity contribution in [1.82, 2.24) is 14.8 Å². The molecular formula is C12H19N3O3S. The number of carboxylic acids is 1. The number of aliphatic carboxylic acids is 1. The lowest BCUT2D eigenvalue weighted by Crippen LogP contribution is -2.38. The second-order valence-electron chi connectivity index (χ2n) is 4.89. The summed E-state index contributed by atoms with van der Waals surface area (Å²) in [6.45, 7) is 6.90. The number of aromatic nitrogens is 3. The molecule has 2 unspecified atom stereocenters. The summed E-state index contributed by atoms with van der Waals surface area (Å²) in [7, 11) is 0. The largest absolute Gasteiger partial charge is 0.481 e. The van der Waals surface area contributed by atoms with E-state index in [9.17, 15) is 4.79 Å². The number of ether oxygens (including phenoxy) is 1. The molecule has 1 aliphatic heterocycles. The first kappa shape index (κ1) is 14.3. The van der Waals surface area contributed by atoms with Gasteiger partial charge in [0.2, 0.25) is 0 Å². The van der Waals surface area contributed by atoms with Gasteiger partial charge in [0.05, 0.1) is 17.4 Å². The minimum atomic E-state index is -0.849. The van der Waals surface area contributed by atoms with Gasteiger partial charge in [-0.2, -0.15) is 0 Å². The van der Waals surface area contributed by atoms with Crippen LogP contribution in [0.4, 0.5) is 0 Å². The SMILES string of the molecule is CCc1nnc(SCC(=O)O)n1C1(C)CCOC1C. The molecular weight excluding hydrogens is 266 g/mol. The Bertz CT molecular complexity index is 477. The topological polar surface area (TPSA) is 77.2 Å². The van der Waals surface area contributed by atoms with E-state index in [2.05, 4.69) is 21.7 Å². The normalized spacial score (nSPS) is 26.8. The molecule has 0 aromatic carbocycles. The van der Waals surface area contributed by atoms with E-state index in [1.165, 1.54) is 11.8 Å². The fourth-order valence-electron chi connectivity index (χ4n) is 2.38. The Labute approximate surface area is 116 Å². The molecule has 2 rings (SSSR count). The molecule has 6 nitrogen and oxygen atoms in total. The first-order chi connectivity index (χ1) is 8.99. The van der Waals surface area contributed by atoms with Crippen molar-refractivity contribution in [2.75, 3.05) is 12.4 Å². The lowest BCUT2D eigenvalue weighted by Gasteiger charge is -2.31. The minimum absolute atomic E-state index is 0.00678. The van der Waals surface area contributed by atoms with Crippen molar-refractivity contribution in [3.63, 3.8) is 0 Å². The zero-order chi connectivity index (χ0) is 14.0. The maximum Gasteiger partial charge on any atom is 0.313 e. The highest BCUT2D eigenvalue weighted by atomic mass is 32.2. The van der Waals surface area contributed by atoms with E-state index in [1.54, 1.807) is 0 Å². The highest BCUT2D eigenvalue weighted by Crippen LogP contribution is 2.37. The van der Waals surface area contributed by atoms with Crippen molar-refractivity contribution >= 4 is 17.7 Å². The van der Waals surface area contributed by atoms with Crippen molar-refractivity contribution in [2.24, 2.45) is 0 Å². The molecule has 7 heteroatoms. The first-order valence-electron chi connectivity index (χ1n) is 6.40. The zero-order valence-corrected chi connectivity index (χ0v) is 12.2. The maximum absolute atomic E-state index is 10.7. The van der Waals surface area contributed by atoms with Gasteiger partial charge in [0.1, 0.15) is 5.82 Å². The average molecular weight is 285 g/mol. The summed E-state index contributed by atoms with van der Waals surface area (Å²) in [6, 6.07) is 0. The van der Waals surface area contributed by atoms with Gasteiger partial charge in [0, 0.05) is 13.0 Å². The summed E-state index contributed by atoms with van der Waals surface area (Å²) < 4.78 is 7.74. The van der Waals surface area contributed by atoms with Crippen molar-refractivity contribution in [2.45, 2.75) is 50.4 Å². The molecule has 1 saturated heterocycles. The van der Waals surface area contributed by atoms with Crippen LogP contribution in [0.25, 0.3) is 0 Å². The van der Waals surface area contributed by atoms with Crippen LogP contribution in [-0.4, -0.2) is 44.3 Å². The van der Waals surface area contributed by atoms with Crippen LogP contribution in [0.1, 0.15) is 33.0 Å². The van der Waals surface area contributed by atoms with Crippen LogP contribution in [0.5, 0.6) is 0 Å². The van der Waals surface area contributed by atoms with Gasteiger partial charge >= 0.3 is 5.97 Å². The Balaban J connectivity index is 2.36. The van der Waals surface area contributed by atoms with Crippen molar-refractivity contribution in [3.05, 3.63) is 5.82 Å². The van der Waals surface area contributed by atoms with Crippen LogP contribution < -0.4 is 0 Å². The van der Waals surface area contributed by atoms with Crippen molar-refractivity contribution < 1.29 is 14.6 Å². The summed E-state index contributed by atoms with van der Waals surface area (Å²) in [4.78, 5) is 10.7. The van der Waals surface area contributed by atoms with Gasteiger partial charge in [-0.1, -0.05) is 18.7 Å². The fraction of sp³-hybridized carbons (Fsp3) is 0.750. The van der Waals surface area contributed by atoms with Crippen LogP contribution in [0.15, 0.2) is 5.16 Å². The standard InChI is InChI=1S/C12H19N3O3S/c1-4-9-13-14-11(19-7-10(16)17)15(9)12(3)5-6-18-8(12)2/h8H,4-7H2,1-3H3,(H,16,17). The van der Waals surface area contributed by atoms with Gasteiger partial charge < -0.3 is 9.84 Å². The molecule has 1 aromatic heterocycles. The number of aryl methyl sites for hydroxylation is 1. The monoisotopic (exact) mass is 285 g/mol. The van der Waals surface area contributed by atoms with E-state index < -0.39 is 5.97 Å². The van der Waals surface area contributed by atoms with Gasteiger partial charge in [0.15, 0.2) is 5.16 Å². The molecule has 0 radical (unpaired) electrons. The molecule has 0 bridgehead atoms. The van der Waals surface area contributed by atoms with Crippen LogP contribution in [0, 0.1) is 0 Å². The Morgan fingerprint density at radius 1 is 1.63 bits per heavy atom. The van der Waals surface area contributed by atoms with E-state index in [-0.39, 0.29) is 17.4 Å². The van der Waals surface area contributed by atoms with E-state index in [0.717, 1.165) is 18.7 Å². The Morgan fingerprint density at radius 3 is 2.89 bits per heavy atom. The number of thioether (sulfide) groups is 1. The number of hydrogen-bond donors (Lipinski definition) is 1. The summed E-state index contributed by atoms with van der Waals surface area (Å²) in [5.41, 5.74) is -0.199. The molecule has 1 aromatic rings. The molecule has 1 N–H and O–H groups in total. The second kappa shape index (κ2) is 5.50. The summed E-state index contributed by atoms with van der Waals surface area (Å²) in [5.74, 6) is 0.0267. The molecule has 0 aliphatic carbocycles. The van der Waals surface area contributed by atoms with E-state index in [0.29, 0.717) is 11.8 Å². The predicted molar refractivity (Wildman–Crippen MR) is 71.4 cm³/mol. The molecule has 2 heterocycles. The van der Waals surface area contributed by atoms with Crippen LogP contribution in [-0.2, 0) is 21.5 Å². The molecule has 1 fully saturated rings. The third-order valence-electron chi connectivity index (χ3n) is 3.70. The molecule has 0 spiro atoms. The fourth-order valence-corrected chi connectivity index (χ4v) is 3.18. The maximum atomic E-state index is 10.7. The first-order valence-corrected chi connectivity index (χ1v) is 7.38. The van der Waals surface area contributed by atoms with Crippen molar-refractivity contribution in [1.29, 1.82) is 0 Å². The van der Waals surface area contributed by atoms with Crippen LogP contribution in [0.2, 0.25) is 0 Å². The van der Waals surface area contributed by atoms with Gasteiger partial charge in [-0.3, -0.25) is 9.36 Å². The van der Waals surface area contributed by atoms with Gasteiger partial charge in [-0.15, -0.1) is 10.2 Å². The number of carbonyl (C=O) groups is 1. The number of rotatable bonds is 5. The summed E-state index contributed by atoms with van der Waals surface area (Å²) >= 11 is 1.21. The third-order valence-corrected chi connectivity index (χ3v) is 4.62. The van der Waals surface area contributed by atoms with Gasteiger partial charge in [-0.25, -0.2) is 0 Å². The smallest absolute Gasteiger partial charge is 0.313 e. The Hall–Kier alpha value is -1.08. The average Bonchev–Trinajstić information content (AvgIpc) is 2.92.